The van der Waals surface area contributed by atoms with Crippen LogP contribution in [0.1, 0.15) is 17.5 Å². The molecule has 2 aromatic carbocycles. The van der Waals surface area contributed by atoms with Gasteiger partial charge in [-0.15, -0.1) is 6.58 Å². The van der Waals surface area contributed by atoms with Crippen LogP contribution in [0.25, 0.3) is 5.57 Å². The van der Waals surface area contributed by atoms with E-state index in [1.165, 1.54) is 24.3 Å². The van der Waals surface area contributed by atoms with Crippen LogP contribution in [0.5, 0.6) is 0 Å². The average Bonchev–Trinajstić information content (AvgIpc) is 3.36. The molecule has 1 fully saturated rings. The van der Waals surface area contributed by atoms with Gasteiger partial charge in [-0.05, 0) is 35.4 Å². The summed E-state index contributed by atoms with van der Waals surface area (Å²) in [6, 6.07) is 11.8. The highest BCUT2D eigenvalue weighted by atomic mass is 19.1. The molecule has 3 aliphatic rings. The molecule has 0 N–H and O–H groups in total. The van der Waals surface area contributed by atoms with E-state index in [2.05, 4.69) is 6.58 Å². The second-order valence-electron chi connectivity index (χ2n) is 7.94. The second-order valence-corrected chi connectivity index (χ2v) is 7.94. The zero-order valence-corrected chi connectivity index (χ0v) is 16.8. The highest BCUT2D eigenvalue weighted by Crippen LogP contribution is 2.48. The maximum Gasteiger partial charge on any atom is 0.261 e. The molecule has 3 aliphatic heterocycles. The zero-order chi connectivity index (χ0) is 21.6. The third-order valence-corrected chi connectivity index (χ3v) is 5.98. The maximum atomic E-state index is 13.8. The summed E-state index contributed by atoms with van der Waals surface area (Å²) in [6.07, 6.45) is 5.86. The number of nitrogens with zero attached hydrogens (tertiary/aromatic N) is 1. The Morgan fingerprint density at radius 2 is 1.74 bits per heavy atom. The number of hydrogen-bond acceptors (Lipinski definition) is 3. The van der Waals surface area contributed by atoms with Crippen molar-refractivity contribution in [2.45, 2.75) is 30.8 Å². The summed E-state index contributed by atoms with van der Waals surface area (Å²) in [6.45, 7) is 4.09. The van der Waals surface area contributed by atoms with E-state index >= 15 is 0 Å². The third kappa shape index (κ3) is 3.27. The number of rotatable bonds is 5. The Hall–Kier alpha value is -3.25. The SMILES string of the molecule is C=CCN1C(=O)C(c2ccc(F)cc2)=C(Cc2ccc(F)cc2)O[C@@]12C[C@H]1C=C[C@@H]2O1. The minimum atomic E-state index is -0.969. The van der Waals surface area contributed by atoms with Crippen molar-refractivity contribution in [1.29, 1.82) is 0 Å². The van der Waals surface area contributed by atoms with E-state index in [1.54, 1.807) is 35.2 Å². The molecule has 2 aromatic rings. The van der Waals surface area contributed by atoms with Crippen LogP contribution in [0.2, 0.25) is 0 Å². The Morgan fingerprint density at radius 1 is 1.06 bits per heavy atom. The lowest BCUT2D eigenvalue weighted by Gasteiger charge is -2.47. The van der Waals surface area contributed by atoms with Crippen molar-refractivity contribution in [2.24, 2.45) is 0 Å². The van der Waals surface area contributed by atoms with Gasteiger partial charge < -0.3 is 9.47 Å². The van der Waals surface area contributed by atoms with E-state index < -0.39 is 5.72 Å². The summed E-state index contributed by atoms with van der Waals surface area (Å²) < 4.78 is 39.6. The molecule has 0 aromatic heterocycles. The van der Waals surface area contributed by atoms with Crippen molar-refractivity contribution < 1.29 is 23.0 Å². The maximum absolute atomic E-state index is 13.8. The van der Waals surface area contributed by atoms with Gasteiger partial charge >= 0.3 is 0 Å². The number of carbonyl (C=O) groups is 1. The highest BCUT2D eigenvalue weighted by Gasteiger charge is 2.59. The zero-order valence-electron chi connectivity index (χ0n) is 16.8. The summed E-state index contributed by atoms with van der Waals surface area (Å²) in [5.41, 5.74) is 0.759. The average molecular weight is 421 g/mol. The first kappa shape index (κ1) is 19.7. The monoisotopic (exact) mass is 421 g/mol. The number of fused-ring (bicyclic) bond motifs is 3. The first-order valence-corrected chi connectivity index (χ1v) is 10.2. The molecule has 158 valence electrons. The lowest BCUT2D eigenvalue weighted by molar-refractivity contribution is -0.173. The van der Waals surface area contributed by atoms with E-state index in [-0.39, 0.29) is 36.3 Å². The fourth-order valence-corrected chi connectivity index (χ4v) is 4.57. The van der Waals surface area contributed by atoms with Gasteiger partial charge in [0.1, 0.15) is 23.5 Å². The van der Waals surface area contributed by atoms with Crippen LogP contribution in [0.15, 0.2) is 79.1 Å². The Kier molecular flexibility index (Phi) is 4.74. The molecule has 0 unspecified atom stereocenters. The lowest BCUT2D eigenvalue weighted by Crippen LogP contribution is -2.61. The molecule has 1 spiro atoms. The predicted octanol–water partition coefficient (Wildman–Crippen LogP) is 4.39. The number of hydrogen-bond donors (Lipinski definition) is 0. The largest absolute Gasteiger partial charge is 0.468 e. The van der Waals surface area contributed by atoms with Crippen LogP contribution >= 0.6 is 0 Å². The molecule has 5 rings (SSSR count). The molecule has 0 radical (unpaired) electrons. The number of benzene rings is 2. The van der Waals surface area contributed by atoms with Gasteiger partial charge in [0.2, 0.25) is 5.72 Å². The van der Waals surface area contributed by atoms with E-state index in [0.717, 1.165) is 5.56 Å². The summed E-state index contributed by atoms with van der Waals surface area (Å²) >= 11 is 0. The second kappa shape index (κ2) is 7.46. The normalized spacial score (nSPS) is 26.6. The van der Waals surface area contributed by atoms with Crippen LogP contribution < -0.4 is 0 Å². The van der Waals surface area contributed by atoms with Crippen molar-refractivity contribution in [1.82, 2.24) is 4.90 Å². The minimum Gasteiger partial charge on any atom is -0.468 e. The van der Waals surface area contributed by atoms with Gasteiger partial charge in [0, 0.05) is 19.4 Å². The molecule has 31 heavy (non-hydrogen) atoms. The summed E-state index contributed by atoms with van der Waals surface area (Å²) in [5.74, 6) is -0.482. The molecule has 4 nitrogen and oxygen atoms in total. The Balaban J connectivity index is 1.64. The smallest absolute Gasteiger partial charge is 0.261 e. The first-order valence-electron chi connectivity index (χ1n) is 10.2. The summed E-state index contributed by atoms with van der Waals surface area (Å²) in [5, 5.41) is 0. The Labute approximate surface area is 179 Å². The van der Waals surface area contributed by atoms with E-state index in [1.807, 2.05) is 12.2 Å². The molecular formula is C25H21F2NO3. The minimum absolute atomic E-state index is 0.121. The topological polar surface area (TPSA) is 38.8 Å². The van der Waals surface area contributed by atoms with Crippen LogP contribution in [-0.2, 0) is 20.7 Å². The molecule has 1 saturated heterocycles. The van der Waals surface area contributed by atoms with Gasteiger partial charge in [0.05, 0.1) is 11.7 Å². The van der Waals surface area contributed by atoms with Crippen molar-refractivity contribution in [3.8, 4) is 0 Å². The van der Waals surface area contributed by atoms with Crippen LogP contribution in [0.4, 0.5) is 8.78 Å². The first-order chi connectivity index (χ1) is 15.0. The molecule has 3 heterocycles. The molecule has 2 bridgehead atoms. The number of carbonyl (C=O) groups excluding carboxylic acids is 1. The van der Waals surface area contributed by atoms with Crippen molar-refractivity contribution in [3.63, 3.8) is 0 Å². The lowest BCUT2D eigenvalue weighted by atomic mass is 9.89. The standard InChI is InChI=1S/C25H21F2NO3/c1-2-13-28-24(29)23(17-5-9-19(27)10-6-17)21(14-16-3-7-18(26)8-4-16)31-25(28)15-20-11-12-22(25)30-20/h2-12,20,22H,1,13-15H2/t20-,22+,25-/m1/s1. The van der Waals surface area contributed by atoms with Crippen molar-refractivity contribution in [3.05, 3.63) is 102 Å². The van der Waals surface area contributed by atoms with Crippen LogP contribution in [0, 0.1) is 11.6 Å². The van der Waals surface area contributed by atoms with Gasteiger partial charge in [-0.1, -0.05) is 42.5 Å². The molecule has 0 aliphatic carbocycles. The summed E-state index contributed by atoms with van der Waals surface area (Å²) in [7, 11) is 0. The van der Waals surface area contributed by atoms with Gasteiger partial charge in [-0.2, -0.15) is 0 Å². The third-order valence-electron chi connectivity index (χ3n) is 5.98. The van der Waals surface area contributed by atoms with Crippen molar-refractivity contribution in [2.75, 3.05) is 6.54 Å². The number of ether oxygens (including phenoxy) is 2. The number of halogens is 2. The fourth-order valence-electron chi connectivity index (χ4n) is 4.57. The molecule has 3 atom stereocenters. The highest BCUT2D eigenvalue weighted by molar-refractivity contribution is 6.21. The molecular weight excluding hydrogens is 400 g/mol. The Morgan fingerprint density at radius 3 is 2.32 bits per heavy atom. The molecule has 0 saturated carbocycles. The number of amides is 1. The number of allylic oxidation sites excluding steroid dienone is 1. The Bertz CT molecular complexity index is 1090. The van der Waals surface area contributed by atoms with E-state index in [9.17, 15) is 13.6 Å². The fraction of sp³-hybridized carbons (Fsp3) is 0.240. The predicted molar refractivity (Wildman–Crippen MR) is 112 cm³/mol. The van der Waals surface area contributed by atoms with E-state index in [0.29, 0.717) is 29.7 Å². The van der Waals surface area contributed by atoms with E-state index in [4.69, 9.17) is 9.47 Å². The quantitative estimate of drug-likeness (QED) is 0.673. The molecule has 6 heteroatoms. The molecule has 1 amide bonds. The van der Waals surface area contributed by atoms with Gasteiger partial charge in [0.25, 0.3) is 5.91 Å². The van der Waals surface area contributed by atoms with Crippen LogP contribution in [-0.4, -0.2) is 35.3 Å². The van der Waals surface area contributed by atoms with Crippen molar-refractivity contribution >= 4 is 11.5 Å². The van der Waals surface area contributed by atoms with Gasteiger partial charge in [0.15, 0.2) is 0 Å². The van der Waals surface area contributed by atoms with Gasteiger partial charge in [-0.25, -0.2) is 8.78 Å². The summed E-state index contributed by atoms with van der Waals surface area (Å²) in [4.78, 5) is 15.5. The van der Waals surface area contributed by atoms with Crippen LogP contribution in [0.3, 0.4) is 0 Å². The van der Waals surface area contributed by atoms with Gasteiger partial charge in [-0.3, -0.25) is 9.69 Å².